The van der Waals surface area contributed by atoms with Crippen molar-refractivity contribution in [3.05, 3.63) is 123 Å². The van der Waals surface area contributed by atoms with E-state index in [0.29, 0.717) is 40.6 Å². The standard InChI is InChI=1S/C31H28ClN3O3/c1-19-16-17-23(18-24(19)32)33-31(37)29-20(2)27-25(14-9-15-26(27)38-29)34-35-30(36)28(21-10-5-3-6-11-21)22-12-7-4-8-13-22/h3-8,10-13,16-18,28H,9,14-15H2,1-2H3,(H,33,37)(H,35,36)/b34-25+. The van der Waals surface area contributed by atoms with Gasteiger partial charge >= 0.3 is 0 Å². The average molecular weight is 526 g/mol. The Morgan fingerprint density at radius 1 is 0.921 bits per heavy atom. The smallest absolute Gasteiger partial charge is 0.291 e. The second-order valence-electron chi connectivity index (χ2n) is 9.41. The van der Waals surface area contributed by atoms with Crippen LogP contribution in [0.5, 0.6) is 0 Å². The molecule has 0 unspecified atom stereocenters. The van der Waals surface area contributed by atoms with Gasteiger partial charge in [-0.05, 0) is 55.5 Å². The van der Waals surface area contributed by atoms with Gasteiger partial charge in [-0.2, -0.15) is 5.10 Å². The number of amides is 2. The molecule has 0 atom stereocenters. The van der Waals surface area contributed by atoms with Crippen LogP contribution in [0.25, 0.3) is 0 Å². The number of nitrogens with zero attached hydrogens (tertiary/aromatic N) is 1. The van der Waals surface area contributed by atoms with E-state index in [4.69, 9.17) is 16.0 Å². The number of furan rings is 1. The fourth-order valence-electron chi connectivity index (χ4n) is 4.83. The number of fused-ring (bicyclic) bond motifs is 1. The van der Waals surface area contributed by atoms with Crippen LogP contribution >= 0.6 is 11.6 Å². The molecule has 0 saturated carbocycles. The van der Waals surface area contributed by atoms with Crippen molar-refractivity contribution in [3.8, 4) is 0 Å². The van der Waals surface area contributed by atoms with E-state index in [2.05, 4.69) is 15.8 Å². The fourth-order valence-corrected chi connectivity index (χ4v) is 5.01. The van der Waals surface area contributed by atoms with Crippen molar-refractivity contribution in [3.63, 3.8) is 0 Å². The highest BCUT2D eigenvalue weighted by atomic mass is 35.5. The van der Waals surface area contributed by atoms with Crippen LogP contribution in [0, 0.1) is 13.8 Å². The molecule has 0 spiro atoms. The van der Waals surface area contributed by atoms with Gasteiger partial charge in [0.05, 0.1) is 11.6 Å². The highest BCUT2D eigenvalue weighted by Gasteiger charge is 2.29. The minimum Gasteiger partial charge on any atom is -0.455 e. The third-order valence-electron chi connectivity index (χ3n) is 6.79. The van der Waals surface area contributed by atoms with Crippen molar-refractivity contribution in [2.24, 2.45) is 5.10 Å². The number of aryl methyl sites for hydroxylation is 2. The minimum atomic E-state index is -0.502. The van der Waals surface area contributed by atoms with Crippen LogP contribution in [-0.2, 0) is 11.2 Å². The van der Waals surface area contributed by atoms with Crippen molar-refractivity contribution >= 4 is 34.8 Å². The zero-order valence-corrected chi connectivity index (χ0v) is 22.0. The summed E-state index contributed by atoms with van der Waals surface area (Å²) in [6.45, 7) is 3.75. The van der Waals surface area contributed by atoms with Crippen LogP contribution in [0.3, 0.4) is 0 Å². The number of anilines is 1. The summed E-state index contributed by atoms with van der Waals surface area (Å²) in [5, 5.41) is 7.99. The number of nitrogens with one attached hydrogen (secondary N) is 2. The predicted octanol–water partition coefficient (Wildman–Crippen LogP) is 6.79. The summed E-state index contributed by atoms with van der Waals surface area (Å²) in [4.78, 5) is 26.5. The molecule has 0 saturated heterocycles. The SMILES string of the molecule is Cc1ccc(NC(=O)c2oc3c(c2C)/C(=N/NC(=O)C(c2ccccc2)c2ccccc2)CCC3)cc1Cl. The summed E-state index contributed by atoms with van der Waals surface area (Å²) in [7, 11) is 0. The first-order valence-electron chi connectivity index (χ1n) is 12.6. The fraction of sp³-hybridized carbons (Fsp3) is 0.194. The van der Waals surface area contributed by atoms with E-state index in [1.807, 2.05) is 80.6 Å². The van der Waals surface area contributed by atoms with Gasteiger partial charge in [-0.3, -0.25) is 9.59 Å². The van der Waals surface area contributed by atoms with E-state index in [-0.39, 0.29) is 17.6 Å². The highest BCUT2D eigenvalue weighted by Crippen LogP contribution is 2.31. The monoisotopic (exact) mass is 525 g/mol. The molecule has 0 radical (unpaired) electrons. The topological polar surface area (TPSA) is 83.7 Å². The van der Waals surface area contributed by atoms with Gasteiger partial charge in [-0.15, -0.1) is 0 Å². The second kappa shape index (κ2) is 11.1. The Hall–Kier alpha value is -4.16. The first kappa shape index (κ1) is 25.5. The number of carbonyl (C=O) groups excluding carboxylic acids is 2. The maximum Gasteiger partial charge on any atom is 0.291 e. The Morgan fingerprint density at radius 3 is 2.21 bits per heavy atom. The summed E-state index contributed by atoms with van der Waals surface area (Å²) >= 11 is 6.21. The molecule has 2 amide bonds. The molecule has 0 aliphatic heterocycles. The lowest BCUT2D eigenvalue weighted by Crippen LogP contribution is -2.28. The Morgan fingerprint density at radius 2 is 1.58 bits per heavy atom. The molecule has 38 heavy (non-hydrogen) atoms. The number of rotatable bonds is 6. The van der Waals surface area contributed by atoms with Crippen LogP contribution in [0.1, 0.15) is 62.9 Å². The van der Waals surface area contributed by atoms with Crippen LogP contribution in [0.4, 0.5) is 5.69 Å². The lowest BCUT2D eigenvalue weighted by molar-refractivity contribution is -0.121. The van der Waals surface area contributed by atoms with Gasteiger partial charge < -0.3 is 9.73 Å². The molecular weight excluding hydrogens is 498 g/mol. The molecule has 7 heteroatoms. The highest BCUT2D eigenvalue weighted by molar-refractivity contribution is 6.31. The van der Waals surface area contributed by atoms with Gasteiger partial charge in [-0.1, -0.05) is 78.3 Å². The summed E-state index contributed by atoms with van der Waals surface area (Å²) in [5.41, 5.74) is 8.29. The first-order valence-corrected chi connectivity index (χ1v) is 13.0. The molecule has 192 valence electrons. The number of benzene rings is 3. The third kappa shape index (κ3) is 5.27. The number of hydrogen-bond acceptors (Lipinski definition) is 4. The van der Waals surface area contributed by atoms with Crippen LogP contribution in [0.2, 0.25) is 5.02 Å². The maximum atomic E-state index is 13.4. The first-order chi connectivity index (χ1) is 18.4. The van der Waals surface area contributed by atoms with E-state index >= 15 is 0 Å². The Bertz CT molecular complexity index is 1470. The van der Waals surface area contributed by atoms with E-state index in [1.165, 1.54) is 0 Å². The van der Waals surface area contributed by atoms with Gasteiger partial charge in [0.25, 0.3) is 11.8 Å². The van der Waals surface area contributed by atoms with Gasteiger partial charge in [0.1, 0.15) is 5.76 Å². The zero-order chi connectivity index (χ0) is 26.6. The van der Waals surface area contributed by atoms with Gasteiger partial charge in [0.2, 0.25) is 0 Å². The third-order valence-corrected chi connectivity index (χ3v) is 7.20. The van der Waals surface area contributed by atoms with Crippen molar-refractivity contribution in [1.82, 2.24) is 5.43 Å². The Labute approximate surface area is 226 Å². The van der Waals surface area contributed by atoms with Gasteiger partial charge in [0, 0.05) is 28.3 Å². The Kier molecular flexibility index (Phi) is 7.43. The average Bonchev–Trinajstić information content (AvgIpc) is 3.28. The molecule has 6 nitrogen and oxygen atoms in total. The molecule has 5 rings (SSSR count). The van der Waals surface area contributed by atoms with E-state index in [9.17, 15) is 9.59 Å². The van der Waals surface area contributed by atoms with E-state index in [0.717, 1.165) is 28.7 Å². The Balaban J connectivity index is 1.40. The molecule has 1 heterocycles. The summed E-state index contributed by atoms with van der Waals surface area (Å²) in [6, 6.07) is 24.7. The molecule has 4 aromatic rings. The zero-order valence-electron chi connectivity index (χ0n) is 21.3. The van der Waals surface area contributed by atoms with E-state index < -0.39 is 5.92 Å². The van der Waals surface area contributed by atoms with Gasteiger partial charge in [0.15, 0.2) is 5.76 Å². The van der Waals surface area contributed by atoms with Crippen LogP contribution in [0.15, 0.2) is 88.4 Å². The lowest BCUT2D eigenvalue weighted by atomic mass is 9.90. The normalized spacial score (nSPS) is 13.8. The minimum absolute atomic E-state index is 0.225. The van der Waals surface area contributed by atoms with Gasteiger partial charge in [-0.25, -0.2) is 5.43 Å². The van der Waals surface area contributed by atoms with Crippen molar-refractivity contribution in [2.45, 2.75) is 39.0 Å². The molecule has 3 aromatic carbocycles. The molecular formula is C31H28ClN3O3. The lowest BCUT2D eigenvalue weighted by Gasteiger charge is -2.18. The second-order valence-corrected chi connectivity index (χ2v) is 9.82. The largest absolute Gasteiger partial charge is 0.455 e. The maximum absolute atomic E-state index is 13.4. The molecule has 1 aliphatic rings. The number of carbonyl (C=O) groups is 2. The molecule has 0 fully saturated rings. The number of hydrazone groups is 1. The van der Waals surface area contributed by atoms with E-state index in [1.54, 1.807) is 12.1 Å². The number of hydrogen-bond donors (Lipinski definition) is 2. The summed E-state index contributed by atoms with van der Waals surface area (Å²) in [5.74, 6) is -0.140. The van der Waals surface area contributed by atoms with Crippen molar-refractivity contribution in [2.75, 3.05) is 5.32 Å². The molecule has 0 bridgehead atoms. The molecule has 2 N–H and O–H groups in total. The number of halogens is 1. The predicted molar refractivity (Wildman–Crippen MR) is 150 cm³/mol. The molecule has 1 aromatic heterocycles. The quantitative estimate of drug-likeness (QED) is 0.272. The summed E-state index contributed by atoms with van der Waals surface area (Å²) in [6.07, 6.45) is 2.18. The summed E-state index contributed by atoms with van der Waals surface area (Å²) < 4.78 is 6.01. The molecule has 1 aliphatic carbocycles. The van der Waals surface area contributed by atoms with Crippen molar-refractivity contribution < 1.29 is 14.0 Å². The van der Waals surface area contributed by atoms with Crippen LogP contribution in [-0.4, -0.2) is 17.5 Å². The van der Waals surface area contributed by atoms with Crippen LogP contribution < -0.4 is 10.7 Å². The van der Waals surface area contributed by atoms with Crippen molar-refractivity contribution in [1.29, 1.82) is 0 Å².